The number of aromatic nitrogens is 1. The molecular formula is C16H17BrN4O3S2. The highest BCUT2D eigenvalue weighted by atomic mass is 79.9. The molecular weight excluding hydrogens is 440 g/mol. The molecule has 2 fully saturated rings. The number of anilines is 2. The third-order valence-electron chi connectivity index (χ3n) is 4.78. The summed E-state index contributed by atoms with van der Waals surface area (Å²) in [6.45, 7) is 2.81. The second-order valence-electron chi connectivity index (χ2n) is 6.85. The Bertz CT molecular complexity index is 983. The fourth-order valence-corrected chi connectivity index (χ4v) is 5.42. The van der Waals surface area contributed by atoms with E-state index in [4.69, 9.17) is 5.14 Å². The number of thiazole rings is 1. The number of nitrogens with zero attached hydrogens (tertiary/aromatic N) is 3. The smallest absolute Gasteiger partial charge is 0.293 e. The summed E-state index contributed by atoms with van der Waals surface area (Å²) in [5.74, 6) is 0. The van der Waals surface area contributed by atoms with Gasteiger partial charge in [-0.25, -0.2) is 23.3 Å². The van der Waals surface area contributed by atoms with Gasteiger partial charge >= 0.3 is 6.03 Å². The molecule has 1 aromatic heterocycles. The molecule has 2 N–H and O–H groups in total. The van der Waals surface area contributed by atoms with Crippen molar-refractivity contribution in [2.45, 2.75) is 24.0 Å². The van der Waals surface area contributed by atoms with Crippen molar-refractivity contribution in [3.05, 3.63) is 34.4 Å². The van der Waals surface area contributed by atoms with Crippen LogP contribution in [-0.2, 0) is 10.0 Å². The Morgan fingerprint density at radius 2 is 1.81 bits per heavy atom. The van der Waals surface area contributed by atoms with E-state index in [0.717, 1.165) is 34.3 Å². The van der Waals surface area contributed by atoms with Crippen molar-refractivity contribution in [2.75, 3.05) is 22.9 Å². The third kappa shape index (κ3) is 3.15. The highest BCUT2D eigenvalue weighted by molar-refractivity contribution is 9.10. The van der Waals surface area contributed by atoms with E-state index in [1.54, 1.807) is 16.7 Å². The molecule has 1 saturated heterocycles. The SMILES string of the molecule is Cc1nc(N2CC3(CC3)CN(c3ccc(Br)cc3)C2=O)sc1S(N)(=O)=O. The average molecular weight is 457 g/mol. The molecule has 0 atom stereocenters. The monoisotopic (exact) mass is 456 g/mol. The Hall–Kier alpha value is -1.49. The Balaban J connectivity index is 1.72. The number of hydrogen-bond acceptors (Lipinski definition) is 5. The number of amides is 2. The number of carbonyl (C=O) groups is 1. The molecule has 4 rings (SSSR count). The van der Waals surface area contributed by atoms with Crippen LogP contribution < -0.4 is 14.9 Å². The predicted octanol–water partition coefficient (Wildman–Crippen LogP) is 3.09. The number of carbonyl (C=O) groups excluding carboxylic acids is 1. The maximum absolute atomic E-state index is 13.1. The van der Waals surface area contributed by atoms with Gasteiger partial charge in [-0.15, -0.1) is 0 Å². The fourth-order valence-electron chi connectivity index (χ4n) is 3.22. The minimum Gasteiger partial charge on any atom is -0.293 e. The van der Waals surface area contributed by atoms with Crippen molar-refractivity contribution in [1.82, 2.24) is 4.98 Å². The van der Waals surface area contributed by atoms with Gasteiger partial charge in [0.05, 0.1) is 5.69 Å². The average Bonchev–Trinajstić information content (AvgIpc) is 3.20. The van der Waals surface area contributed by atoms with Crippen LogP contribution in [0.4, 0.5) is 15.6 Å². The van der Waals surface area contributed by atoms with Crippen LogP contribution in [0.5, 0.6) is 0 Å². The quantitative estimate of drug-likeness (QED) is 0.766. The first-order valence-corrected chi connectivity index (χ1v) is 11.2. The van der Waals surface area contributed by atoms with Crippen LogP contribution in [-0.4, -0.2) is 32.5 Å². The highest BCUT2D eigenvalue weighted by Gasteiger charge is 2.52. The number of sulfonamides is 1. The number of urea groups is 1. The highest BCUT2D eigenvalue weighted by Crippen LogP contribution is 2.51. The topological polar surface area (TPSA) is 96.6 Å². The van der Waals surface area contributed by atoms with Crippen LogP contribution in [0.3, 0.4) is 0 Å². The lowest BCUT2D eigenvalue weighted by Gasteiger charge is -2.39. The summed E-state index contributed by atoms with van der Waals surface area (Å²) in [5, 5.41) is 5.64. The lowest BCUT2D eigenvalue weighted by Crippen LogP contribution is -2.55. The Morgan fingerprint density at radius 3 is 2.35 bits per heavy atom. The molecule has 1 aromatic carbocycles. The summed E-state index contributed by atoms with van der Waals surface area (Å²) in [6.07, 6.45) is 2.08. The number of aryl methyl sites for hydroxylation is 1. The van der Waals surface area contributed by atoms with Gasteiger partial charge in [0.2, 0.25) is 10.0 Å². The van der Waals surface area contributed by atoms with E-state index in [0.29, 0.717) is 23.9 Å². The van der Waals surface area contributed by atoms with E-state index < -0.39 is 10.0 Å². The number of primary sulfonamides is 1. The van der Waals surface area contributed by atoms with Crippen molar-refractivity contribution >= 4 is 54.1 Å². The van der Waals surface area contributed by atoms with Crippen LogP contribution in [0.15, 0.2) is 32.9 Å². The summed E-state index contributed by atoms with van der Waals surface area (Å²) in [4.78, 5) is 20.8. The molecule has 1 aliphatic heterocycles. The lowest BCUT2D eigenvalue weighted by atomic mass is 10.0. The zero-order valence-electron chi connectivity index (χ0n) is 14.0. The van der Waals surface area contributed by atoms with E-state index in [1.165, 1.54) is 0 Å². The molecule has 0 radical (unpaired) electrons. The zero-order valence-corrected chi connectivity index (χ0v) is 17.2. The summed E-state index contributed by atoms with van der Waals surface area (Å²) in [5.41, 5.74) is 1.18. The van der Waals surface area contributed by atoms with Gasteiger partial charge in [0.15, 0.2) is 9.34 Å². The predicted molar refractivity (Wildman–Crippen MR) is 104 cm³/mol. The molecule has 1 spiro atoms. The summed E-state index contributed by atoms with van der Waals surface area (Å²) in [6, 6.07) is 7.38. The van der Waals surface area contributed by atoms with E-state index in [9.17, 15) is 13.2 Å². The lowest BCUT2D eigenvalue weighted by molar-refractivity contribution is 0.243. The van der Waals surface area contributed by atoms with Crippen molar-refractivity contribution in [2.24, 2.45) is 10.6 Å². The van der Waals surface area contributed by atoms with Crippen molar-refractivity contribution in [1.29, 1.82) is 0 Å². The minimum atomic E-state index is -3.85. The van der Waals surface area contributed by atoms with Gasteiger partial charge < -0.3 is 0 Å². The molecule has 138 valence electrons. The Kier molecular flexibility index (Phi) is 4.14. The number of rotatable bonds is 3. The van der Waals surface area contributed by atoms with Crippen LogP contribution in [0.1, 0.15) is 18.5 Å². The molecule has 0 bridgehead atoms. The number of halogens is 1. The van der Waals surface area contributed by atoms with Crippen LogP contribution >= 0.6 is 27.3 Å². The van der Waals surface area contributed by atoms with E-state index in [-0.39, 0.29) is 15.7 Å². The van der Waals surface area contributed by atoms with E-state index in [1.807, 2.05) is 24.3 Å². The van der Waals surface area contributed by atoms with Gasteiger partial charge in [0, 0.05) is 28.7 Å². The summed E-state index contributed by atoms with van der Waals surface area (Å²) < 4.78 is 24.4. The summed E-state index contributed by atoms with van der Waals surface area (Å²) >= 11 is 4.36. The van der Waals surface area contributed by atoms with Gasteiger partial charge in [-0.2, -0.15) is 0 Å². The van der Waals surface area contributed by atoms with E-state index >= 15 is 0 Å². The molecule has 2 aromatic rings. The van der Waals surface area contributed by atoms with Gasteiger partial charge in [-0.05, 0) is 44.0 Å². The second kappa shape index (κ2) is 6.01. The first-order valence-electron chi connectivity index (χ1n) is 8.03. The van der Waals surface area contributed by atoms with E-state index in [2.05, 4.69) is 20.9 Å². The summed E-state index contributed by atoms with van der Waals surface area (Å²) in [7, 11) is -3.85. The van der Waals surface area contributed by atoms with Crippen molar-refractivity contribution < 1.29 is 13.2 Å². The first-order chi connectivity index (χ1) is 12.2. The number of benzene rings is 1. The zero-order chi connectivity index (χ0) is 18.7. The molecule has 26 heavy (non-hydrogen) atoms. The molecule has 1 aliphatic carbocycles. The molecule has 2 heterocycles. The Labute approximate surface area is 164 Å². The molecule has 0 unspecified atom stereocenters. The number of hydrogen-bond donors (Lipinski definition) is 1. The van der Waals surface area contributed by atoms with Gasteiger partial charge in [0.1, 0.15) is 0 Å². The molecule has 2 aliphatic rings. The molecule has 1 saturated carbocycles. The van der Waals surface area contributed by atoms with Crippen LogP contribution in [0.2, 0.25) is 0 Å². The normalized spacial score (nSPS) is 19.3. The standard InChI is InChI=1S/C16H17BrN4O3S2/c1-10-13(26(18,23)24)25-14(19-10)21-9-16(6-7-16)8-20(15(21)22)12-4-2-11(17)3-5-12/h2-5H,6-9H2,1H3,(H2,18,23,24). The third-order valence-corrected chi connectivity index (χ3v) is 8.04. The van der Waals surface area contributed by atoms with Crippen molar-refractivity contribution in [3.8, 4) is 0 Å². The number of nitrogens with two attached hydrogens (primary N) is 1. The maximum Gasteiger partial charge on any atom is 0.330 e. The molecule has 10 heteroatoms. The second-order valence-corrected chi connectivity index (χ2v) is 10.5. The maximum atomic E-state index is 13.1. The van der Waals surface area contributed by atoms with Crippen LogP contribution in [0.25, 0.3) is 0 Å². The first kappa shape index (κ1) is 17.9. The minimum absolute atomic E-state index is 0.00547. The van der Waals surface area contributed by atoms with Gasteiger partial charge in [-0.1, -0.05) is 27.3 Å². The largest absolute Gasteiger partial charge is 0.330 e. The molecule has 2 amide bonds. The fraction of sp³-hybridized carbons (Fsp3) is 0.375. The van der Waals surface area contributed by atoms with Crippen LogP contribution in [0, 0.1) is 12.3 Å². The Morgan fingerprint density at radius 1 is 1.19 bits per heavy atom. The van der Waals surface area contributed by atoms with Gasteiger partial charge in [0.25, 0.3) is 0 Å². The van der Waals surface area contributed by atoms with Crippen molar-refractivity contribution in [3.63, 3.8) is 0 Å². The molecule has 7 nitrogen and oxygen atoms in total. The van der Waals surface area contributed by atoms with Gasteiger partial charge in [-0.3, -0.25) is 9.80 Å².